The van der Waals surface area contributed by atoms with Gasteiger partial charge >= 0.3 is 5.97 Å². The zero-order valence-corrected chi connectivity index (χ0v) is 14.4. The lowest BCUT2D eigenvalue weighted by molar-refractivity contribution is -0.137. The van der Waals surface area contributed by atoms with Crippen LogP contribution in [0.25, 0.3) is 0 Å². The number of carboxylic acid groups (broad SMARTS) is 1. The zero-order chi connectivity index (χ0) is 19.3. The molecule has 0 saturated heterocycles. The summed E-state index contributed by atoms with van der Waals surface area (Å²) < 4.78 is 23.9. The van der Waals surface area contributed by atoms with E-state index in [1.165, 1.54) is 20.3 Å². The highest BCUT2D eigenvalue weighted by atomic mass is 19.1. The van der Waals surface area contributed by atoms with Gasteiger partial charge in [0.2, 0.25) is 0 Å². The quantitative estimate of drug-likeness (QED) is 0.732. The molecule has 2 rings (SSSR count). The number of nitrogens with two attached hydrogens (primary N) is 1. The molecule has 0 heterocycles. The van der Waals surface area contributed by atoms with E-state index in [-0.39, 0.29) is 17.8 Å². The molecule has 26 heavy (non-hydrogen) atoms. The van der Waals surface area contributed by atoms with Gasteiger partial charge in [-0.3, -0.25) is 9.59 Å². The molecule has 0 spiro atoms. The van der Waals surface area contributed by atoms with E-state index >= 15 is 0 Å². The van der Waals surface area contributed by atoms with Gasteiger partial charge in [-0.25, -0.2) is 4.39 Å². The average molecular weight is 362 g/mol. The number of hydrogen-bond acceptors (Lipinski definition) is 5. The predicted octanol–water partition coefficient (Wildman–Crippen LogP) is 2.15. The van der Waals surface area contributed by atoms with E-state index in [9.17, 15) is 14.0 Å². The molecule has 0 saturated carbocycles. The van der Waals surface area contributed by atoms with E-state index in [0.717, 1.165) is 17.0 Å². The molecule has 0 aliphatic carbocycles. The van der Waals surface area contributed by atoms with Crippen molar-refractivity contribution in [3.63, 3.8) is 0 Å². The second kappa shape index (κ2) is 8.19. The smallest absolute Gasteiger partial charge is 0.323 e. The first-order valence-electron chi connectivity index (χ1n) is 7.62. The van der Waals surface area contributed by atoms with Crippen LogP contribution in [0.3, 0.4) is 0 Å². The van der Waals surface area contributed by atoms with Crippen molar-refractivity contribution in [3.05, 3.63) is 53.3 Å². The number of carbonyl (C=O) groups is 2. The SMILES string of the molecule is COc1ccc(CN(CC(=O)O)C(=O)c2cc(F)ccc2N)c(OC)c1. The fourth-order valence-corrected chi connectivity index (χ4v) is 2.43. The van der Waals surface area contributed by atoms with Crippen LogP contribution in [-0.2, 0) is 11.3 Å². The lowest BCUT2D eigenvalue weighted by atomic mass is 10.1. The van der Waals surface area contributed by atoms with Crippen molar-refractivity contribution in [2.24, 2.45) is 0 Å². The van der Waals surface area contributed by atoms with Crippen LogP contribution in [-0.4, -0.2) is 42.6 Å². The first-order chi connectivity index (χ1) is 12.3. The average Bonchev–Trinajstić information content (AvgIpc) is 2.62. The topological polar surface area (TPSA) is 102 Å². The van der Waals surface area contributed by atoms with Gasteiger partial charge in [-0.05, 0) is 30.3 Å². The Kier molecular flexibility index (Phi) is 6.00. The second-order valence-electron chi connectivity index (χ2n) is 5.46. The number of amides is 1. The van der Waals surface area contributed by atoms with Crippen LogP contribution >= 0.6 is 0 Å². The van der Waals surface area contributed by atoms with E-state index in [4.69, 9.17) is 20.3 Å². The van der Waals surface area contributed by atoms with E-state index in [0.29, 0.717) is 17.1 Å². The Morgan fingerprint density at radius 2 is 1.88 bits per heavy atom. The van der Waals surface area contributed by atoms with Crippen molar-refractivity contribution in [1.29, 1.82) is 0 Å². The summed E-state index contributed by atoms with van der Waals surface area (Å²) in [4.78, 5) is 25.0. The molecular weight excluding hydrogens is 343 g/mol. The van der Waals surface area contributed by atoms with Crippen LogP contribution in [0, 0.1) is 5.82 Å². The molecular formula is C18H19FN2O5. The van der Waals surface area contributed by atoms with Crippen LogP contribution in [0.4, 0.5) is 10.1 Å². The van der Waals surface area contributed by atoms with Gasteiger partial charge in [0.05, 0.1) is 26.3 Å². The number of nitrogen functional groups attached to an aromatic ring is 1. The summed E-state index contributed by atoms with van der Waals surface area (Å²) in [7, 11) is 2.95. The number of halogens is 1. The Labute approximate surface area is 149 Å². The fraction of sp³-hybridized carbons (Fsp3) is 0.222. The van der Waals surface area contributed by atoms with Crippen LogP contribution in [0.1, 0.15) is 15.9 Å². The first-order valence-corrected chi connectivity index (χ1v) is 7.62. The third-order valence-electron chi connectivity index (χ3n) is 3.71. The Balaban J connectivity index is 2.37. The molecule has 0 aliphatic heterocycles. The molecule has 0 atom stereocenters. The summed E-state index contributed by atoms with van der Waals surface area (Å²) >= 11 is 0. The monoisotopic (exact) mass is 362 g/mol. The lowest BCUT2D eigenvalue weighted by Gasteiger charge is -2.23. The molecule has 0 bridgehead atoms. The molecule has 2 aromatic carbocycles. The fourth-order valence-electron chi connectivity index (χ4n) is 2.43. The highest BCUT2D eigenvalue weighted by Crippen LogP contribution is 2.26. The van der Waals surface area contributed by atoms with Gasteiger partial charge in [-0.1, -0.05) is 0 Å². The molecule has 3 N–H and O–H groups in total. The summed E-state index contributed by atoms with van der Waals surface area (Å²) in [5.74, 6) is -1.56. The Morgan fingerprint density at radius 3 is 2.50 bits per heavy atom. The van der Waals surface area contributed by atoms with E-state index in [1.54, 1.807) is 18.2 Å². The summed E-state index contributed by atoms with van der Waals surface area (Å²) in [5, 5.41) is 9.14. The van der Waals surface area contributed by atoms with Crippen molar-refractivity contribution >= 4 is 17.6 Å². The van der Waals surface area contributed by atoms with Crippen molar-refractivity contribution in [2.45, 2.75) is 6.54 Å². The lowest BCUT2D eigenvalue weighted by Crippen LogP contribution is -2.35. The highest BCUT2D eigenvalue weighted by molar-refractivity contribution is 6.00. The van der Waals surface area contributed by atoms with E-state index in [1.807, 2.05) is 0 Å². The maximum atomic E-state index is 13.5. The van der Waals surface area contributed by atoms with Crippen molar-refractivity contribution in [3.8, 4) is 11.5 Å². The summed E-state index contributed by atoms with van der Waals surface area (Å²) in [6, 6.07) is 8.31. The highest BCUT2D eigenvalue weighted by Gasteiger charge is 2.23. The molecule has 1 amide bonds. The standard InChI is InChI=1S/C18H19FN2O5/c1-25-13-5-3-11(16(8-13)26-2)9-21(10-17(22)23)18(24)14-7-12(19)4-6-15(14)20/h3-8H,9-10,20H2,1-2H3,(H,22,23). The van der Waals surface area contributed by atoms with Crippen molar-refractivity contribution < 1.29 is 28.6 Å². The Morgan fingerprint density at radius 1 is 1.15 bits per heavy atom. The minimum Gasteiger partial charge on any atom is -0.497 e. The number of nitrogens with zero attached hydrogens (tertiary/aromatic N) is 1. The van der Waals surface area contributed by atoms with Crippen molar-refractivity contribution in [2.75, 3.05) is 26.5 Å². The molecule has 0 aromatic heterocycles. The molecule has 0 radical (unpaired) electrons. The largest absolute Gasteiger partial charge is 0.497 e. The number of aliphatic carboxylic acids is 1. The molecule has 138 valence electrons. The van der Waals surface area contributed by atoms with Crippen LogP contribution in [0.5, 0.6) is 11.5 Å². The molecule has 8 heteroatoms. The Hall–Kier alpha value is -3.29. The molecule has 0 aliphatic rings. The number of benzene rings is 2. The molecule has 0 unspecified atom stereocenters. The zero-order valence-electron chi connectivity index (χ0n) is 14.4. The number of carboxylic acids is 1. The maximum absolute atomic E-state index is 13.5. The molecule has 2 aromatic rings. The maximum Gasteiger partial charge on any atom is 0.323 e. The van der Waals surface area contributed by atoms with E-state index in [2.05, 4.69) is 0 Å². The Bertz CT molecular complexity index is 825. The third-order valence-corrected chi connectivity index (χ3v) is 3.71. The summed E-state index contributed by atoms with van der Waals surface area (Å²) in [5.41, 5.74) is 6.28. The number of carbonyl (C=O) groups excluding carboxylic acids is 1. The molecule has 7 nitrogen and oxygen atoms in total. The van der Waals surface area contributed by atoms with Gasteiger partial charge in [0.1, 0.15) is 23.9 Å². The van der Waals surface area contributed by atoms with Crippen LogP contribution < -0.4 is 15.2 Å². The van der Waals surface area contributed by atoms with Crippen molar-refractivity contribution in [1.82, 2.24) is 4.90 Å². The van der Waals surface area contributed by atoms with E-state index < -0.39 is 24.2 Å². The predicted molar refractivity (Wildman–Crippen MR) is 92.7 cm³/mol. The van der Waals surface area contributed by atoms with Gasteiger partial charge in [0, 0.05) is 17.3 Å². The molecule has 0 fully saturated rings. The minimum absolute atomic E-state index is 0.0613. The van der Waals surface area contributed by atoms with Gasteiger partial charge in [-0.2, -0.15) is 0 Å². The van der Waals surface area contributed by atoms with Gasteiger partial charge in [0.25, 0.3) is 5.91 Å². The van der Waals surface area contributed by atoms with Crippen LogP contribution in [0.15, 0.2) is 36.4 Å². The number of anilines is 1. The minimum atomic E-state index is -1.21. The van der Waals surface area contributed by atoms with Crippen LogP contribution in [0.2, 0.25) is 0 Å². The number of methoxy groups -OCH3 is 2. The normalized spacial score (nSPS) is 10.3. The summed E-state index contributed by atoms with van der Waals surface area (Å²) in [6.07, 6.45) is 0. The number of rotatable bonds is 7. The third kappa shape index (κ3) is 4.41. The second-order valence-corrected chi connectivity index (χ2v) is 5.46. The van der Waals surface area contributed by atoms with Gasteiger partial charge < -0.3 is 25.2 Å². The van der Waals surface area contributed by atoms with Gasteiger partial charge in [-0.15, -0.1) is 0 Å². The first kappa shape index (κ1) is 19.0. The van der Waals surface area contributed by atoms with Gasteiger partial charge in [0.15, 0.2) is 0 Å². The number of hydrogen-bond donors (Lipinski definition) is 2. The summed E-state index contributed by atoms with van der Waals surface area (Å²) in [6.45, 7) is -0.641. The number of ether oxygens (including phenoxy) is 2.